The lowest BCUT2D eigenvalue weighted by molar-refractivity contribution is -0.274. The van der Waals surface area contributed by atoms with Crippen LogP contribution in [0, 0.1) is 6.92 Å². The van der Waals surface area contributed by atoms with Crippen molar-refractivity contribution in [1.29, 1.82) is 0 Å². The van der Waals surface area contributed by atoms with Gasteiger partial charge in [0.15, 0.2) is 0 Å². The van der Waals surface area contributed by atoms with Crippen molar-refractivity contribution in [3.8, 4) is 16.3 Å². The summed E-state index contributed by atoms with van der Waals surface area (Å²) in [5.41, 5.74) is 0.902. The molecule has 1 heterocycles. The lowest BCUT2D eigenvalue weighted by Gasteiger charge is -2.08. The van der Waals surface area contributed by atoms with Crippen LogP contribution in [-0.4, -0.2) is 34.4 Å². The molecule has 134 valence electrons. The highest BCUT2D eigenvalue weighted by Crippen LogP contribution is 2.30. The Morgan fingerprint density at radius 2 is 1.88 bits per heavy atom. The zero-order chi connectivity index (χ0) is 18.8. The SMILES string of the molecule is Cc1nc(-c2ccc(OC(F)(F)F)cc2)sc1C(=O)N[C@H](C)C(=O)O. The summed E-state index contributed by atoms with van der Waals surface area (Å²) in [6, 6.07) is 4.01. The number of rotatable bonds is 5. The van der Waals surface area contributed by atoms with Crippen molar-refractivity contribution in [3.05, 3.63) is 34.8 Å². The van der Waals surface area contributed by atoms with Crippen molar-refractivity contribution < 1.29 is 32.6 Å². The minimum absolute atomic E-state index is 0.235. The molecule has 0 aliphatic rings. The molecule has 0 aliphatic carbocycles. The van der Waals surface area contributed by atoms with Crippen molar-refractivity contribution in [2.45, 2.75) is 26.3 Å². The van der Waals surface area contributed by atoms with Gasteiger partial charge in [0.1, 0.15) is 21.7 Å². The number of amides is 1. The Hall–Kier alpha value is -2.62. The Morgan fingerprint density at radius 3 is 2.40 bits per heavy atom. The van der Waals surface area contributed by atoms with Gasteiger partial charge in [-0.1, -0.05) is 0 Å². The first-order valence-corrected chi connectivity index (χ1v) is 7.76. The smallest absolute Gasteiger partial charge is 0.480 e. The zero-order valence-corrected chi connectivity index (χ0v) is 13.9. The Bertz CT molecular complexity index is 787. The molecule has 0 saturated carbocycles. The van der Waals surface area contributed by atoms with Gasteiger partial charge in [-0.15, -0.1) is 24.5 Å². The quantitative estimate of drug-likeness (QED) is 0.839. The molecular weight excluding hydrogens is 361 g/mol. The maximum absolute atomic E-state index is 12.2. The number of ether oxygens (including phenoxy) is 1. The number of nitrogens with zero attached hydrogens (tertiary/aromatic N) is 1. The van der Waals surface area contributed by atoms with Gasteiger partial charge in [0, 0.05) is 5.56 Å². The van der Waals surface area contributed by atoms with Crippen LogP contribution >= 0.6 is 11.3 Å². The Morgan fingerprint density at radius 1 is 1.28 bits per heavy atom. The highest BCUT2D eigenvalue weighted by molar-refractivity contribution is 7.17. The molecule has 0 aliphatic heterocycles. The number of aliphatic carboxylic acids is 1. The molecule has 1 amide bonds. The number of hydrogen-bond donors (Lipinski definition) is 2. The van der Waals surface area contributed by atoms with Crippen molar-refractivity contribution in [3.63, 3.8) is 0 Å². The third-order valence-electron chi connectivity index (χ3n) is 3.06. The molecule has 1 aromatic carbocycles. The minimum Gasteiger partial charge on any atom is -0.480 e. The number of nitrogens with one attached hydrogen (secondary N) is 1. The van der Waals surface area contributed by atoms with Crippen LogP contribution in [0.2, 0.25) is 0 Å². The van der Waals surface area contributed by atoms with Crippen LogP contribution in [0.15, 0.2) is 24.3 Å². The monoisotopic (exact) mass is 374 g/mol. The molecule has 0 unspecified atom stereocenters. The second kappa shape index (κ2) is 7.09. The van der Waals surface area contributed by atoms with Gasteiger partial charge in [-0.2, -0.15) is 0 Å². The number of benzene rings is 1. The highest BCUT2D eigenvalue weighted by Gasteiger charge is 2.31. The molecule has 2 aromatic rings. The number of aromatic nitrogens is 1. The molecule has 10 heteroatoms. The van der Waals surface area contributed by atoms with Gasteiger partial charge >= 0.3 is 12.3 Å². The molecule has 2 rings (SSSR count). The van der Waals surface area contributed by atoms with E-state index in [0.717, 1.165) is 23.5 Å². The highest BCUT2D eigenvalue weighted by atomic mass is 32.1. The first kappa shape index (κ1) is 18.7. The summed E-state index contributed by atoms with van der Waals surface area (Å²) in [7, 11) is 0. The first-order valence-electron chi connectivity index (χ1n) is 6.94. The van der Waals surface area contributed by atoms with Crippen LogP contribution in [0.4, 0.5) is 13.2 Å². The fraction of sp³-hybridized carbons (Fsp3) is 0.267. The van der Waals surface area contributed by atoms with Crippen molar-refractivity contribution in [1.82, 2.24) is 10.3 Å². The van der Waals surface area contributed by atoms with Gasteiger partial charge in [0.05, 0.1) is 5.69 Å². The number of carboxylic acid groups (broad SMARTS) is 1. The van der Waals surface area contributed by atoms with Crippen LogP contribution in [0.1, 0.15) is 22.3 Å². The van der Waals surface area contributed by atoms with Gasteiger partial charge in [-0.25, -0.2) is 4.98 Å². The van der Waals surface area contributed by atoms with E-state index in [9.17, 15) is 22.8 Å². The normalized spacial score (nSPS) is 12.5. The van der Waals surface area contributed by atoms with Gasteiger partial charge < -0.3 is 15.2 Å². The largest absolute Gasteiger partial charge is 0.573 e. The molecule has 0 fully saturated rings. The molecule has 1 atom stereocenters. The zero-order valence-electron chi connectivity index (χ0n) is 13.0. The van der Waals surface area contributed by atoms with Crippen LogP contribution < -0.4 is 10.1 Å². The lowest BCUT2D eigenvalue weighted by Crippen LogP contribution is -2.38. The van der Waals surface area contributed by atoms with Crippen molar-refractivity contribution in [2.24, 2.45) is 0 Å². The van der Waals surface area contributed by atoms with Crippen molar-refractivity contribution >= 4 is 23.2 Å². The summed E-state index contributed by atoms with van der Waals surface area (Å²) in [6.45, 7) is 2.92. The summed E-state index contributed by atoms with van der Waals surface area (Å²) < 4.78 is 40.2. The van der Waals surface area contributed by atoms with E-state index in [4.69, 9.17) is 5.11 Å². The van der Waals surface area contributed by atoms with E-state index in [2.05, 4.69) is 15.0 Å². The molecule has 25 heavy (non-hydrogen) atoms. The maximum atomic E-state index is 12.2. The number of aryl methyl sites for hydroxylation is 1. The van der Waals surface area contributed by atoms with E-state index < -0.39 is 24.3 Å². The fourth-order valence-electron chi connectivity index (χ4n) is 1.85. The number of carbonyl (C=O) groups is 2. The lowest BCUT2D eigenvalue weighted by atomic mass is 10.2. The van der Waals surface area contributed by atoms with E-state index in [1.165, 1.54) is 19.1 Å². The second-order valence-corrected chi connectivity index (χ2v) is 6.04. The first-order chi connectivity index (χ1) is 11.6. The number of hydrogen-bond acceptors (Lipinski definition) is 5. The summed E-state index contributed by atoms with van der Waals surface area (Å²) >= 11 is 1.01. The molecule has 0 spiro atoms. The van der Waals surface area contributed by atoms with Crippen LogP contribution in [-0.2, 0) is 4.79 Å². The number of carboxylic acids is 1. The van der Waals surface area contributed by atoms with Crippen LogP contribution in [0.3, 0.4) is 0 Å². The van der Waals surface area contributed by atoms with E-state index in [0.29, 0.717) is 16.3 Å². The topological polar surface area (TPSA) is 88.5 Å². The van der Waals surface area contributed by atoms with Gasteiger partial charge in [-0.05, 0) is 38.1 Å². The summed E-state index contributed by atoms with van der Waals surface area (Å²) in [5.74, 6) is -2.11. The Kier molecular flexibility index (Phi) is 5.31. The number of carbonyl (C=O) groups excluding carboxylic acids is 1. The standard InChI is InChI=1S/C15H13F3N2O4S/c1-7-11(12(21)19-8(2)14(22)23)25-13(20-7)9-3-5-10(6-4-9)24-15(16,17)18/h3-6,8H,1-2H3,(H,19,21)(H,22,23)/t8-/m1/s1. The van der Waals surface area contributed by atoms with E-state index >= 15 is 0 Å². The van der Waals surface area contributed by atoms with Crippen LogP contribution in [0.5, 0.6) is 5.75 Å². The summed E-state index contributed by atoms with van der Waals surface area (Å²) in [5, 5.41) is 11.6. The molecular formula is C15H13F3N2O4S. The van der Waals surface area contributed by atoms with Crippen LogP contribution in [0.25, 0.3) is 10.6 Å². The van der Waals surface area contributed by atoms with E-state index in [1.54, 1.807) is 6.92 Å². The number of thiazole rings is 1. The minimum atomic E-state index is -4.77. The number of halogens is 3. The average Bonchev–Trinajstić information content (AvgIpc) is 2.88. The summed E-state index contributed by atoms with van der Waals surface area (Å²) in [4.78, 5) is 27.3. The molecule has 6 nitrogen and oxygen atoms in total. The van der Waals surface area contributed by atoms with Gasteiger partial charge in [0.2, 0.25) is 0 Å². The van der Waals surface area contributed by atoms with Gasteiger partial charge in [-0.3, -0.25) is 9.59 Å². The molecule has 2 N–H and O–H groups in total. The van der Waals surface area contributed by atoms with E-state index in [-0.39, 0.29) is 10.6 Å². The Labute approximate surface area is 144 Å². The van der Waals surface area contributed by atoms with Gasteiger partial charge in [0.25, 0.3) is 5.91 Å². The Balaban J connectivity index is 2.19. The molecule has 0 saturated heterocycles. The van der Waals surface area contributed by atoms with E-state index in [1.807, 2.05) is 0 Å². The van der Waals surface area contributed by atoms with Crippen molar-refractivity contribution in [2.75, 3.05) is 0 Å². The third kappa shape index (κ3) is 4.92. The molecule has 0 radical (unpaired) electrons. The second-order valence-electron chi connectivity index (χ2n) is 5.04. The maximum Gasteiger partial charge on any atom is 0.573 e. The molecule has 1 aromatic heterocycles. The fourth-order valence-corrected chi connectivity index (χ4v) is 2.83. The molecule has 0 bridgehead atoms. The predicted octanol–water partition coefficient (Wildman–Crippen LogP) is 3.22. The average molecular weight is 374 g/mol. The summed E-state index contributed by atoms with van der Waals surface area (Å²) in [6.07, 6.45) is -4.77. The predicted molar refractivity (Wildman–Crippen MR) is 83.5 cm³/mol. The number of alkyl halides is 3. The third-order valence-corrected chi connectivity index (χ3v) is 4.26.